The molecule has 2 saturated heterocycles. The maximum absolute atomic E-state index is 12.4. The number of carbonyl (C=O) groups excluding carboxylic acids is 2. The second kappa shape index (κ2) is 5.15. The van der Waals surface area contributed by atoms with Gasteiger partial charge >= 0.3 is 5.97 Å². The number of rotatable bonds is 2. The Morgan fingerprint density at radius 3 is 2.76 bits per heavy atom. The van der Waals surface area contributed by atoms with Gasteiger partial charge in [-0.3, -0.25) is 9.59 Å². The molecule has 2 aliphatic rings. The molecule has 1 amide bonds. The predicted octanol–water partition coefficient (Wildman–Crippen LogP) is 1.89. The molecule has 0 radical (unpaired) electrons. The topological polar surface area (TPSA) is 55.8 Å². The second-order valence-corrected chi connectivity index (χ2v) is 5.67. The fourth-order valence-electron chi connectivity index (χ4n) is 3.45. The van der Waals surface area contributed by atoms with Crippen LogP contribution in [0.25, 0.3) is 0 Å². The number of fused-ring (bicyclic) bond motifs is 1. The van der Waals surface area contributed by atoms with Gasteiger partial charge in [-0.2, -0.15) is 0 Å². The molecule has 0 saturated carbocycles. The molecule has 3 atom stereocenters. The van der Waals surface area contributed by atoms with Gasteiger partial charge in [0.25, 0.3) is 0 Å². The lowest BCUT2D eigenvalue weighted by Gasteiger charge is -2.44. The zero-order chi connectivity index (χ0) is 15.0. The molecule has 0 aromatic heterocycles. The molecule has 2 heterocycles. The minimum absolute atomic E-state index is 0.0315. The molecule has 112 valence electrons. The van der Waals surface area contributed by atoms with E-state index in [0.717, 1.165) is 5.56 Å². The largest absolute Gasteiger partial charge is 0.469 e. The van der Waals surface area contributed by atoms with E-state index in [-0.39, 0.29) is 17.9 Å². The van der Waals surface area contributed by atoms with E-state index in [4.69, 9.17) is 9.47 Å². The van der Waals surface area contributed by atoms with Crippen molar-refractivity contribution in [1.82, 2.24) is 4.90 Å². The number of esters is 1. The number of hydrogen-bond acceptors (Lipinski definition) is 4. The predicted molar refractivity (Wildman–Crippen MR) is 75.1 cm³/mol. The van der Waals surface area contributed by atoms with E-state index in [1.165, 1.54) is 7.11 Å². The van der Waals surface area contributed by atoms with Gasteiger partial charge in [-0.25, -0.2) is 0 Å². The van der Waals surface area contributed by atoms with Crippen molar-refractivity contribution < 1.29 is 19.1 Å². The third-order valence-electron chi connectivity index (χ3n) is 4.56. The number of amides is 1. The number of piperidine rings is 1. The minimum atomic E-state index is -0.914. The van der Waals surface area contributed by atoms with Crippen molar-refractivity contribution in [3.05, 3.63) is 35.9 Å². The summed E-state index contributed by atoms with van der Waals surface area (Å²) in [5.74, 6) is -0.721. The summed E-state index contributed by atoms with van der Waals surface area (Å²) in [4.78, 5) is 26.2. The van der Waals surface area contributed by atoms with E-state index in [2.05, 4.69) is 0 Å². The average molecular weight is 289 g/mol. The average Bonchev–Trinajstić information content (AvgIpc) is 2.87. The molecule has 5 nitrogen and oxygen atoms in total. The van der Waals surface area contributed by atoms with Crippen molar-refractivity contribution in [1.29, 1.82) is 0 Å². The number of nitrogens with zero attached hydrogens (tertiary/aromatic N) is 1. The standard InChI is InChI=1S/C16H19NO4/c1-16-12(15(19)20-2)8-9-14(18)17(16)13(10-21-16)11-6-4-3-5-7-11/h3-7,12-13H,8-10H2,1-2H3/t12-,13-,16-/m1/s1. The molecule has 0 aliphatic carbocycles. The highest BCUT2D eigenvalue weighted by atomic mass is 16.5. The fraction of sp³-hybridized carbons (Fsp3) is 0.500. The molecule has 1 aromatic rings. The van der Waals surface area contributed by atoms with Crippen molar-refractivity contribution in [3.8, 4) is 0 Å². The molecule has 3 rings (SSSR count). The van der Waals surface area contributed by atoms with Crippen LogP contribution in [-0.2, 0) is 19.1 Å². The SMILES string of the molecule is COC(=O)[C@H]1CCC(=O)N2[C@@H](c3ccccc3)CO[C@]12C. The smallest absolute Gasteiger partial charge is 0.313 e. The van der Waals surface area contributed by atoms with Gasteiger partial charge in [0.05, 0.1) is 19.8 Å². The van der Waals surface area contributed by atoms with Gasteiger partial charge in [0, 0.05) is 6.42 Å². The Hall–Kier alpha value is -1.88. The van der Waals surface area contributed by atoms with Crippen molar-refractivity contribution in [2.45, 2.75) is 31.5 Å². The van der Waals surface area contributed by atoms with Crippen LogP contribution in [0.1, 0.15) is 31.4 Å². The van der Waals surface area contributed by atoms with Crippen LogP contribution in [-0.4, -0.2) is 36.2 Å². The summed E-state index contributed by atoms with van der Waals surface area (Å²) in [6.45, 7) is 2.22. The van der Waals surface area contributed by atoms with Crippen molar-refractivity contribution >= 4 is 11.9 Å². The summed E-state index contributed by atoms with van der Waals surface area (Å²) >= 11 is 0. The summed E-state index contributed by atoms with van der Waals surface area (Å²) in [6, 6.07) is 9.64. The summed E-state index contributed by atoms with van der Waals surface area (Å²) < 4.78 is 10.8. The molecule has 0 spiro atoms. The van der Waals surface area contributed by atoms with Crippen LogP contribution in [0.4, 0.5) is 0 Å². The van der Waals surface area contributed by atoms with Crippen molar-refractivity contribution in [2.24, 2.45) is 5.92 Å². The van der Waals surface area contributed by atoms with Gasteiger partial charge in [-0.15, -0.1) is 0 Å². The van der Waals surface area contributed by atoms with Crippen molar-refractivity contribution in [3.63, 3.8) is 0 Å². The van der Waals surface area contributed by atoms with Crippen molar-refractivity contribution in [2.75, 3.05) is 13.7 Å². The Labute approximate surface area is 123 Å². The molecular formula is C16H19NO4. The molecule has 1 aromatic carbocycles. The molecule has 21 heavy (non-hydrogen) atoms. The quantitative estimate of drug-likeness (QED) is 0.780. The van der Waals surface area contributed by atoms with Crippen LogP contribution in [0.15, 0.2) is 30.3 Å². The van der Waals surface area contributed by atoms with E-state index < -0.39 is 11.6 Å². The molecule has 0 bridgehead atoms. The van der Waals surface area contributed by atoms with Gasteiger partial charge in [-0.1, -0.05) is 30.3 Å². The van der Waals surface area contributed by atoms with Gasteiger partial charge in [0.15, 0.2) is 5.72 Å². The monoisotopic (exact) mass is 289 g/mol. The van der Waals surface area contributed by atoms with Gasteiger partial charge in [0.1, 0.15) is 5.92 Å². The van der Waals surface area contributed by atoms with Gasteiger partial charge in [0.2, 0.25) is 5.91 Å². The number of carbonyl (C=O) groups is 2. The van der Waals surface area contributed by atoms with Gasteiger partial charge < -0.3 is 14.4 Å². The summed E-state index contributed by atoms with van der Waals surface area (Å²) in [6.07, 6.45) is 0.821. The molecule has 5 heteroatoms. The van der Waals surface area contributed by atoms with E-state index >= 15 is 0 Å². The van der Waals surface area contributed by atoms with E-state index in [1.807, 2.05) is 37.3 Å². The lowest BCUT2D eigenvalue weighted by atomic mass is 9.85. The van der Waals surface area contributed by atoms with Crippen LogP contribution >= 0.6 is 0 Å². The lowest BCUT2D eigenvalue weighted by Crippen LogP contribution is -2.57. The minimum Gasteiger partial charge on any atom is -0.469 e. The highest BCUT2D eigenvalue weighted by Crippen LogP contribution is 2.46. The number of ether oxygens (including phenoxy) is 2. The normalized spacial score (nSPS) is 31.9. The van der Waals surface area contributed by atoms with Crippen LogP contribution in [0.3, 0.4) is 0 Å². The zero-order valence-electron chi connectivity index (χ0n) is 12.2. The Morgan fingerprint density at radius 2 is 2.10 bits per heavy atom. The Balaban J connectivity index is 1.97. The van der Waals surface area contributed by atoms with E-state index in [0.29, 0.717) is 19.4 Å². The third kappa shape index (κ3) is 2.12. The maximum Gasteiger partial charge on any atom is 0.313 e. The maximum atomic E-state index is 12.4. The molecular weight excluding hydrogens is 270 g/mol. The first kappa shape index (κ1) is 14.1. The number of methoxy groups -OCH3 is 1. The Morgan fingerprint density at radius 1 is 1.38 bits per heavy atom. The zero-order valence-corrected chi connectivity index (χ0v) is 12.2. The lowest BCUT2D eigenvalue weighted by molar-refractivity contribution is -0.184. The van der Waals surface area contributed by atoms with Crippen LogP contribution in [0, 0.1) is 5.92 Å². The third-order valence-corrected chi connectivity index (χ3v) is 4.56. The summed E-state index contributed by atoms with van der Waals surface area (Å²) in [7, 11) is 1.37. The Bertz CT molecular complexity index is 559. The molecule has 0 N–H and O–H groups in total. The van der Waals surface area contributed by atoms with Crippen LogP contribution in [0.5, 0.6) is 0 Å². The van der Waals surface area contributed by atoms with E-state index in [1.54, 1.807) is 4.90 Å². The first-order valence-corrected chi connectivity index (χ1v) is 7.17. The Kier molecular flexibility index (Phi) is 3.45. The highest BCUT2D eigenvalue weighted by molar-refractivity contribution is 5.83. The molecule has 0 unspecified atom stereocenters. The highest BCUT2D eigenvalue weighted by Gasteiger charge is 2.57. The summed E-state index contributed by atoms with van der Waals surface area (Å²) in [5, 5.41) is 0. The number of hydrogen-bond donors (Lipinski definition) is 0. The first-order chi connectivity index (χ1) is 10.1. The second-order valence-electron chi connectivity index (χ2n) is 5.67. The fourth-order valence-corrected chi connectivity index (χ4v) is 3.45. The van der Waals surface area contributed by atoms with Crippen LogP contribution in [0.2, 0.25) is 0 Å². The van der Waals surface area contributed by atoms with E-state index in [9.17, 15) is 9.59 Å². The first-order valence-electron chi connectivity index (χ1n) is 7.17. The molecule has 2 fully saturated rings. The van der Waals surface area contributed by atoms with Crippen LogP contribution < -0.4 is 0 Å². The number of benzene rings is 1. The molecule has 2 aliphatic heterocycles. The summed E-state index contributed by atoms with van der Waals surface area (Å²) in [5.41, 5.74) is 0.114. The van der Waals surface area contributed by atoms with Gasteiger partial charge in [-0.05, 0) is 18.9 Å².